The third kappa shape index (κ3) is 3.83. The Morgan fingerprint density at radius 3 is 2.90 bits per heavy atom. The van der Waals surface area contributed by atoms with Crippen molar-refractivity contribution in [3.63, 3.8) is 0 Å². The molecule has 0 rings (SSSR count). The first-order valence-electron chi connectivity index (χ1n) is 2.63. The Morgan fingerprint density at radius 2 is 2.50 bits per heavy atom. The zero-order valence-electron chi connectivity index (χ0n) is 5.28. The van der Waals surface area contributed by atoms with Crippen LogP contribution in [-0.2, 0) is 9.53 Å². The van der Waals surface area contributed by atoms with E-state index in [-0.39, 0.29) is 6.42 Å². The summed E-state index contributed by atoms with van der Waals surface area (Å²) in [7, 11) is 0. The lowest BCUT2D eigenvalue weighted by Gasteiger charge is -2.07. The first-order chi connectivity index (χ1) is 4.70. The third-order valence-corrected chi connectivity index (χ3v) is 0.686. The smallest absolute Gasteiger partial charge is 0.321 e. The zero-order chi connectivity index (χ0) is 7.98. The fraction of sp³-hybridized carbons (Fsp3) is 0.600. The summed E-state index contributed by atoms with van der Waals surface area (Å²) in [6.45, 7) is -0.433. The van der Waals surface area contributed by atoms with Crippen LogP contribution in [0, 0.1) is 11.3 Å². The number of aliphatic hydroxyl groups excluding tert-OH is 1. The van der Waals surface area contributed by atoms with Crippen LogP contribution < -0.4 is 5.73 Å². The Kier molecular flexibility index (Phi) is 4.20. The van der Waals surface area contributed by atoms with Gasteiger partial charge in [0.25, 0.3) is 0 Å². The number of nitrogens with zero attached hydrogens (tertiary/aromatic N) is 1. The van der Waals surface area contributed by atoms with Crippen LogP contribution in [-0.4, -0.2) is 23.9 Å². The van der Waals surface area contributed by atoms with E-state index in [0.717, 1.165) is 0 Å². The Hall–Kier alpha value is -1.12. The van der Waals surface area contributed by atoms with E-state index in [1.165, 1.54) is 0 Å². The van der Waals surface area contributed by atoms with Crippen LogP contribution in [0.5, 0.6) is 0 Å². The normalized spacial score (nSPS) is 11.7. The molecule has 3 N–H and O–H groups in total. The molecule has 0 heterocycles. The van der Waals surface area contributed by atoms with Gasteiger partial charge in [0.2, 0.25) is 0 Å². The van der Waals surface area contributed by atoms with E-state index in [0.29, 0.717) is 0 Å². The molecule has 56 valence electrons. The predicted octanol–water partition coefficient (Wildman–Crippen LogP) is -1.28. The van der Waals surface area contributed by atoms with E-state index in [1.807, 2.05) is 0 Å². The monoisotopic (exact) mass is 144 g/mol. The standard InChI is InChI=1S/C5H8N2O3/c6-2-1-5(9)10-4(7)3-8/h4,8H,1,3,7H2. The van der Waals surface area contributed by atoms with E-state index in [1.54, 1.807) is 6.07 Å². The van der Waals surface area contributed by atoms with Crippen molar-refractivity contribution in [2.24, 2.45) is 5.73 Å². The van der Waals surface area contributed by atoms with Gasteiger partial charge in [-0.1, -0.05) is 0 Å². The highest BCUT2D eigenvalue weighted by Gasteiger charge is 2.06. The quantitative estimate of drug-likeness (QED) is 0.380. The average molecular weight is 144 g/mol. The number of hydrogen-bond donors (Lipinski definition) is 2. The molecule has 0 saturated carbocycles. The molecule has 0 radical (unpaired) electrons. The molecule has 0 aliphatic heterocycles. The van der Waals surface area contributed by atoms with Crippen molar-refractivity contribution in [3.05, 3.63) is 0 Å². The minimum Gasteiger partial charge on any atom is -0.444 e. The summed E-state index contributed by atoms with van der Waals surface area (Å²) >= 11 is 0. The molecule has 0 spiro atoms. The average Bonchev–Trinajstić information content (AvgIpc) is 1.88. The van der Waals surface area contributed by atoms with E-state index < -0.39 is 18.8 Å². The SMILES string of the molecule is N#CCC(=O)OC(N)CO. The minimum absolute atomic E-state index is 0.340. The predicted molar refractivity (Wildman–Crippen MR) is 31.4 cm³/mol. The van der Waals surface area contributed by atoms with Gasteiger partial charge in [-0.3, -0.25) is 10.5 Å². The van der Waals surface area contributed by atoms with Gasteiger partial charge in [-0.25, -0.2) is 0 Å². The number of rotatable bonds is 3. The van der Waals surface area contributed by atoms with Crippen LogP contribution in [0.25, 0.3) is 0 Å². The summed E-state index contributed by atoms with van der Waals surface area (Å²) < 4.78 is 4.31. The Morgan fingerprint density at radius 1 is 1.90 bits per heavy atom. The van der Waals surface area contributed by atoms with Crippen LogP contribution >= 0.6 is 0 Å². The van der Waals surface area contributed by atoms with E-state index in [4.69, 9.17) is 16.1 Å². The van der Waals surface area contributed by atoms with Crippen LogP contribution in [0.4, 0.5) is 0 Å². The van der Waals surface area contributed by atoms with Crippen LogP contribution in [0.15, 0.2) is 0 Å². The summed E-state index contributed by atoms with van der Waals surface area (Å²) in [6.07, 6.45) is -1.35. The number of hydrogen-bond acceptors (Lipinski definition) is 5. The Labute approximate surface area is 58.0 Å². The van der Waals surface area contributed by atoms with Crippen molar-refractivity contribution >= 4 is 5.97 Å². The van der Waals surface area contributed by atoms with Crippen LogP contribution in [0.1, 0.15) is 6.42 Å². The van der Waals surface area contributed by atoms with Gasteiger partial charge in [-0.2, -0.15) is 5.26 Å². The largest absolute Gasteiger partial charge is 0.444 e. The molecule has 0 fully saturated rings. The maximum absolute atomic E-state index is 10.4. The highest BCUT2D eigenvalue weighted by molar-refractivity contribution is 5.71. The second kappa shape index (κ2) is 4.73. The van der Waals surface area contributed by atoms with Crippen molar-refractivity contribution in [2.75, 3.05) is 6.61 Å². The van der Waals surface area contributed by atoms with Gasteiger partial charge in [-0.05, 0) is 0 Å². The van der Waals surface area contributed by atoms with Gasteiger partial charge in [0.15, 0.2) is 6.23 Å². The lowest BCUT2D eigenvalue weighted by atomic mass is 10.5. The van der Waals surface area contributed by atoms with Gasteiger partial charge in [0.1, 0.15) is 6.42 Å². The molecule has 0 aromatic carbocycles. The first kappa shape index (κ1) is 8.88. The number of aliphatic hydroxyl groups is 1. The third-order valence-electron chi connectivity index (χ3n) is 0.686. The molecule has 0 aromatic rings. The molecule has 1 atom stereocenters. The van der Waals surface area contributed by atoms with Gasteiger partial charge < -0.3 is 9.84 Å². The first-order valence-corrected chi connectivity index (χ1v) is 2.63. The summed E-state index contributed by atoms with van der Waals surface area (Å²) in [4.78, 5) is 10.4. The second-order valence-corrected chi connectivity index (χ2v) is 1.55. The number of nitrogens with two attached hydrogens (primary N) is 1. The van der Waals surface area contributed by atoms with E-state index in [9.17, 15) is 4.79 Å². The fourth-order valence-electron chi connectivity index (χ4n) is 0.312. The van der Waals surface area contributed by atoms with Gasteiger partial charge in [0, 0.05) is 0 Å². The molecular weight excluding hydrogens is 136 g/mol. The minimum atomic E-state index is -1.01. The van der Waals surface area contributed by atoms with Crippen molar-refractivity contribution < 1.29 is 14.6 Å². The second-order valence-electron chi connectivity index (χ2n) is 1.55. The van der Waals surface area contributed by atoms with Crippen molar-refractivity contribution in [2.45, 2.75) is 12.6 Å². The summed E-state index contributed by atoms with van der Waals surface area (Å²) in [6, 6.07) is 1.59. The molecule has 0 aromatic heterocycles. The number of ether oxygens (including phenoxy) is 1. The maximum Gasteiger partial charge on any atom is 0.321 e. The molecule has 0 amide bonds. The summed E-state index contributed by atoms with van der Waals surface area (Å²) in [5.74, 6) is -0.718. The number of carbonyl (C=O) groups is 1. The molecular formula is C5H8N2O3. The molecule has 5 heteroatoms. The molecule has 0 saturated heterocycles. The number of nitriles is 1. The van der Waals surface area contributed by atoms with Gasteiger partial charge >= 0.3 is 5.97 Å². The van der Waals surface area contributed by atoms with Crippen molar-refractivity contribution in [1.82, 2.24) is 0 Å². The van der Waals surface area contributed by atoms with Crippen LogP contribution in [0.3, 0.4) is 0 Å². The molecule has 0 aliphatic rings. The number of carbonyl (C=O) groups excluding carboxylic acids is 1. The Bertz CT molecular complexity index is 151. The van der Waals surface area contributed by atoms with Crippen molar-refractivity contribution in [3.8, 4) is 6.07 Å². The molecule has 0 aliphatic carbocycles. The van der Waals surface area contributed by atoms with Crippen LogP contribution in [0.2, 0.25) is 0 Å². The lowest BCUT2D eigenvalue weighted by molar-refractivity contribution is -0.149. The van der Waals surface area contributed by atoms with E-state index in [2.05, 4.69) is 4.74 Å². The maximum atomic E-state index is 10.4. The highest BCUT2D eigenvalue weighted by Crippen LogP contribution is 1.86. The molecule has 5 nitrogen and oxygen atoms in total. The highest BCUT2D eigenvalue weighted by atomic mass is 16.6. The van der Waals surface area contributed by atoms with Gasteiger partial charge in [0.05, 0.1) is 12.7 Å². The summed E-state index contributed by atoms with van der Waals surface area (Å²) in [5.41, 5.74) is 5.00. The molecule has 0 bridgehead atoms. The lowest BCUT2D eigenvalue weighted by Crippen LogP contribution is -2.30. The zero-order valence-corrected chi connectivity index (χ0v) is 5.28. The van der Waals surface area contributed by atoms with E-state index >= 15 is 0 Å². The molecule has 1 unspecified atom stereocenters. The molecule has 10 heavy (non-hydrogen) atoms. The summed E-state index contributed by atoms with van der Waals surface area (Å²) in [5, 5.41) is 16.2. The Balaban J connectivity index is 3.49. The van der Waals surface area contributed by atoms with Gasteiger partial charge in [-0.15, -0.1) is 0 Å². The number of esters is 1. The van der Waals surface area contributed by atoms with Crippen molar-refractivity contribution in [1.29, 1.82) is 5.26 Å². The topological polar surface area (TPSA) is 96.3 Å². The fourth-order valence-corrected chi connectivity index (χ4v) is 0.312.